The molecule has 0 bridgehead atoms. The van der Waals surface area contributed by atoms with E-state index in [-0.39, 0.29) is 12.4 Å². The van der Waals surface area contributed by atoms with Crippen molar-refractivity contribution in [1.82, 2.24) is 0 Å². The molecule has 0 aliphatic carbocycles. The van der Waals surface area contributed by atoms with Crippen molar-refractivity contribution in [3.8, 4) is 0 Å². The summed E-state index contributed by atoms with van der Waals surface area (Å²) in [6.45, 7) is -0.208. The van der Waals surface area contributed by atoms with Gasteiger partial charge in [-0.15, -0.1) is 0 Å². The third-order valence-corrected chi connectivity index (χ3v) is 3.19. The molecule has 5 N–H and O–H groups in total. The number of amidine groups is 1. The quantitative estimate of drug-likeness (QED) is 0.432. The number of rotatable bonds is 6. The van der Waals surface area contributed by atoms with Gasteiger partial charge in [0.05, 0.1) is 12.7 Å². The smallest absolute Gasteiger partial charge is 0.122 e. The Labute approximate surface area is 99.0 Å². The number of aliphatic hydroxyl groups is 2. The molecule has 0 radical (unpaired) electrons. The lowest BCUT2D eigenvalue weighted by Crippen LogP contribution is -2.14. The minimum Gasteiger partial charge on any atom is -0.394 e. The Morgan fingerprint density at radius 3 is 2.88 bits per heavy atom. The van der Waals surface area contributed by atoms with Gasteiger partial charge in [0.1, 0.15) is 5.84 Å². The topological polar surface area (TPSA) is 90.3 Å². The van der Waals surface area contributed by atoms with Crippen LogP contribution in [0.25, 0.3) is 0 Å². The SMILES string of the molecule is N=C(N)c1cccc(CSCC(O)CO)c1. The second kappa shape index (κ2) is 6.52. The molecule has 0 spiro atoms. The number of nitrogen functional groups attached to an aromatic ring is 1. The molecule has 88 valence electrons. The van der Waals surface area contributed by atoms with E-state index in [1.807, 2.05) is 18.2 Å². The predicted molar refractivity (Wildman–Crippen MR) is 66.7 cm³/mol. The Hall–Kier alpha value is -1.04. The van der Waals surface area contributed by atoms with Crippen molar-refractivity contribution in [2.24, 2.45) is 5.73 Å². The fourth-order valence-electron chi connectivity index (χ4n) is 1.19. The molecular weight excluding hydrogens is 224 g/mol. The van der Waals surface area contributed by atoms with Gasteiger partial charge in [-0.2, -0.15) is 11.8 Å². The molecule has 1 aromatic carbocycles. The first-order valence-corrected chi connectivity index (χ1v) is 6.09. The maximum Gasteiger partial charge on any atom is 0.122 e. The van der Waals surface area contributed by atoms with Gasteiger partial charge < -0.3 is 15.9 Å². The van der Waals surface area contributed by atoms with Crippen molar-refractivity contribution in [3.05, 3.63) is 35.4 Å². The van der Waals surface area contributed by atoms with E-state index in [0.29, 0.717) is 11.3 Å². The van der Waals surface area contributed by atoms with E-state index in [1.54, 1.807) is 6.07 Å². The highest BCUT2D eigenvalue weighted by Crippen LogP contribution is 2.14. The van der Waals surface area contributed by atoms with Crippen LogP contribution in [0.3, 0.4) is 0 Å². The molecule has 0 aliphatic rings. The highest BCUT2D eigenvalue weighted by Gasteiger charge is 2.03. The van der Waals surface area contributed by atoms with Crippen molar-refractivity contribution in [1.29, 1.82) is 5.41 Å². The number of nitrogens with one attached hydrogen (secondary N) is 1. The van der Waals surface area contributed by atoms with E-state index < -0.39 is 6.10 Å². The fourth-order valence-corrected chi connectivity index (χ4v) is 2.10. The number of benzene rings is 1. The zero-order valence-electron chi connectivity index (χ0n) is 8.89. The number of hydrogen-bond donors (Lipinski definition) is 4. The number of thioether (sulfide) groups is 1. The average Bonchev–Trinajstić information content (AvgIpc) is 2.29. The van der Waals surface area contributed by atoms with Crippen LogP contribution in [0.1, 0.15) is 11.1 Å². The number of nitrogens with two attached hydrogens (primary N) is 1. The summed E-state index contributed by atoms with van der Waals surface area (Å²) in [5.41, 5.74) is 7.15. The standard InChI is InChI=1S/C11H16N2O2S/c12-11(13)9-3-1-2-8(4-9)6-16-7-10(15)5-14/h1-4,10,14-15H,5-7H2,(H3,12,13). The summed E-state index contributed by atoms with van der Waals surface area (Å²) >= 11 is 1.54. The molecule has 5 heteroatoms. The predicted octanol–water partition coefficient (Wildman–Crippen LogP) is 0.557. The third kappa shape index (κ3) is 4.22. The highest BCUT2D eigenvalue weighted by atomic mass is 32.2. The maximum atomic E-state index is 9.15. The molecule has 0 heterocycles. The van der Waals surface area contributed by atoms with Gasteiger partial charge in [0.2, 0.25) is 0 Å². The monoisotopic (exact) mass is 240 g/mol. The second-order valence-corrected chi connectivity index (χ2v) is 4.50. The van der Waals surface area contributed by atoms with Crippen molar-refractivity contribution in [2.45, 2.75) is 11.9 Å². The lowest BCUT2D eigenvalue weighted by atomic mass is 10.1. The summed E-state index contributed by atoms with van der Waals surface area (Å²) in [7, 11) is 0. The van der Waals surface area contributed by atoms with Gasteiger partial charge in [0, 0.05) is 17.1 Å². The minimum absolute atomic E-state index is 0.0576. The zero-order chi connectivity index (χ0) is 12.0. The lowest BCUT2D eigenvalue weighted by Gasteiger charge is -2.07. The Balaban J connectivity index is 2.48. The Morgan fingerprint density at radius 2 is 2.25 bits per heavy atom. The highest BCUT2D eigenvalue weighted by molar-refractivity contribution is 7.98. The van der Waals surface area contributed by atoms with Crippen molar-refractivity contribution < 1.29 is 10.2 Å². The van der Waals surface area contributed by atoms with Gasteiger partial charge in [-0.05, 0) is 11.6 Å². The molecule has 0 fully saturated rings. The average molecular weight is 240 g/mol. The van der Waals surface area contributed by atoms with Gasteiger partial charge in [-0.25, -0.2) is 0 Å². The Bertz CT molecular complexity index is 358. The Kier molecular flexibility index (Phi) is 5.31. The summed E-state index contributed by atoms with van der Waals surface area (Å²) in [4.78, 5) is 0. The van der Waals surface area contributed by atoms with Crippen molar-refractivity contribution >= 4 is 17.6 Å². The van der Waals surface area contributed by atoms with E-state index in [0.717, 1.165) is 11.3 Å². The lowest BCUT2D eigenvalue weighted by molar-refractivity contribution is 0.113. The van der Waals surface area contributed by atoms with E-state index in [2.05, 4.69) is 0 Å². The van der Waals surface area contributed by atoms with Crippen LogP contribution in [-0.4, -0.2) is 34.5 Å². The first-order chi connectivity index (χ1) is 7.63. The summed E-state index contributed by atoms with van der Waals surface area (Å²) < 4.78 is 0. The normalized spacial score (nSPS) is 12.4. The van der Waals surface area contributed by atoms with Gasteiger partial charge in [-0.1, -0.05) is 18.2 Å². The Morgan fingerprint density at radius 1 is 1.50 bits per heavy atom. The van der Waals surface area contributed by atoms with Crippen LogP contribution >= 0.6 is 11.8 Å². The molecule has 0 saturated heterocycles. The van der Waals surface area contributed by atoms with E-state index in [1.165, 1.54) is 11.8 Å². The van der Waals surface area contributed by atoms with Crippen LogP contribution in [-0.2, 0) is 5.75 Å². The molecule has 4 nitrogen and oxygen atoms in total. The third-order valence-electron chi connectivity index (χ3n) is 2.03. The fraction of sp³-hybridized carbons (Fsp3) is 0.364. The van der Waals surface area contributed by atoms with Crippen LogP contribution < -0.4 is 5.73 Å². The van der Waals surface area contributed by atoms with Crippen LogP contribution in [0.15, 0.2) is 24.3 Å². The molecule has 1 atom stereocenters. The first-order valence-electron chi connectivity index (χ1n) is 4.93. The van der Waals surface area contributed by atoms with Gasteiger partial charge in [0.15, 0.2) is 0 Å². The van der Waals surface area contributed by atoms with Crippen LogP contribution in [0.5, 0.6) is 0 Å². The molecule has 1 aromatic rings. The molecule has 0 saturated carbocycles. The zero-order valence-corrected chi connectivity index (χ0v) is 9.70. The van der Waals surface area contributed by atoms with Crippen molar-refractivity contribution in [2.75, 3.05) is 12.4 Å². The van der Waals surface area contributed by atoms with Crippen LogP contribution in [0.2, 0.25) is 0 Å². The molecule has 16 heavy (non-hydrogen) atoms. The minimum atomic E-state index is -0.666. The number of aliphatic hydroxyl groups excluding tert-OH is 2. The molecular formula is C11H16N2O2S. The molecule has 1 rings (SSSR count). The second-order valence-electron chi connectivity index (χ2n) is 3.47. The van der Waals surface area contributed by atoms with Crippen LogP contribution in [0, 0.1) is 5.41 Å². The van der Waals surface area contributed by atoms with Gasteiger partial charge in [-0.3, -0.25) is 5.41 Å². The van der Waals surface area contributed by atoms with Crippen molar-refractivity contribution in [3.63, 3.8) is 0 Å². The van der Waals surface area contributed by atoms with Gasteiger partial charge >= 0.3 is 0 Å². The summed E-state index contributed by atoms with van der Waals surface area (Å²) in [5.74, 6) is 1.29. The van der Waals surface area contributed by atoms with E-state index >= 15 is 0 Å². The first kappa shape index (κ1) is 13.0. The van der Waals surface area contributed by atoms with E-state index in [9.17, 15) is 0 Å². The molecule has 0 amide bonds. The molecule has 0 aromatic heterocycles. The molecule has 0 aliphatic heterocycles. The number of hydrogen-bond acceptors (Lipinski definition) is 4. The summed E-state index contributed by atoms with van der Waals surface area (Å²) in [5, 5.41) is 25.1. The molecule has 1 unspecified atom stereocenters. The van der Waals surface area contributed by atoms with E-state index in [4.69, 9.17) is 21.4 Å². The van der Waals surface area contributed by atoms with Gasteiger partial charge in [0.25, 0.3) is 0 Å². The van der Waals surface area contributed by atoms with Crippen LogP contribution in [0.4, 0.5) is 0 Å². The maximum absolute atomic E-state index is 9.15. The summed E-state index contributed by atoms with van der Waals surface area (Å²) in [6.07, 6.45) is -0.666. The largest absolute Gasteiger partial charge is 0.394 e. The summed E-state index contributed by atoms with van der Waals surface area (Å²) in [6, 6.07) is 7.46.